The van der Waals surface area contributed by atoms with Gasteiger partial charge in [0.15, 0.2) is 0 Å². The molecule has 1 aromatic rings. The molecule has 1 aliphatic rings. The monoisotopic (exact) mass is 202 g/mol. The molecule has 0 amide bonds. The third-order valence-corrected chi connectivity index (χ3v) is 4.85. The summed E-state index contributed by atoms with van der Waals surface area (Å²) in [5, 5.41) is 1.53. The molecule has 0 nitrogen and oxygen atoms in total. The van der Waals surface area contributed by atoms with Crippen LogP contribution in [0.3, 0.4) is 0 Å². The maximum atomic E-state index is 2.42. The molecule has 0 aliphatic heterocycles. The van der Waals surface area contributed by atoms with E-state index in [9.17, 15) is 0 Å². The van der Waals surface area contributed by atoms with E-state index in [0.29, 0.717) is 0 Å². The van der Waals surface area contributed by atoms with Crippen molar-refractivity contribution in [2.75, 3.05) is 0 Å². The molecule has 2 atom stereocenters. The van der Waals surface area contributed by atoms with Crippen LogP contribution < -0.4 is 5.19 Å². The van der Waals surface area contributed by atoms with Crippen LogP contribution in [0.2, 0.25) is 6.04 Å². The maximum Gasteiger partial charge on any atom is 0.0810 e. The molecule has 1 aliphatic carbocycles. The molecule has 2 radical (unpaired) electrons. The fourth-order valence-corrected chi connectivity index (χ4v) is 3.86. The van der Waals surface area contributed by atoms with Crippen LogP contribution in [0.1, 0.15) is 26.2 Å². The van der Waals surface area contributed by atoms with Crippen molar-refractivity contribution in [1.82, 2.24) is 0 Å². The molecule has 1 heteroatoms. The van der Waals surface area contributed by atoms with Crippen LogP contribution >= 0.6 is 0 Å². The summed E-state index contributed by atoms with van der Waals surface area (Å²) < 4.78 is 0. The van der Waals surface area contributed by atoms with E-state index in [1.54, 1.807) is 0 Å². The van der Waals surface area contributed by atoms with Crippen molar-refractivity contribution >= 4 is 14.7 Å². The van der Waals surface area contributed by atoms with E-state index in [1.165, 1.54) is 30.5 Å². The summed E-state index contributed by atoms with van der Waals surface area (Å²) in [5.74, 6) is 1.99. The zero-order valence-corrected chi connectivity index (χ0v) is 9.87. The molecule has 0 aromatic heterocycles. The van der Waals surface area contributed by atoms with Gasteiger partial charge in [0.2, 0.25) is 0 Å². The van der Waals surface area contributed by atoms with Gasteiger partial charge in [0.05, 0.1) is 9.52 Å². The van der Waals surface area contributed by atoms with Gasteiger partial charge in [-0.2, -0.15) is 0 Å². The predicted octanol–water partition coefficient (Wildman–Crippen LogP) is 2.87. The van der Waals surface area contributed by atoms with E-state index in [-0.39, 0.29) is 0 Å². The minimum absolute atomic E-state index is 0.978. The Bertz CT molecular complexity index is 268. The van der Waals surface area contributed by atoms with Crippen LogP contribution in [-0.4, -0.2) is 9.52 Å². The number of benzene rings is 1. The lowest BCUT2D eigenvalue weighted by molar-refractivity contribution is 0.456. The highest BCUT2D eigenvalue weighted by atomic mass is 28.2. The quantitative estimate of drug-likeness (QED) is 0.661. The van der Waals surface area contributed by atoms with Gasteiger partial charge in [0.1, 0.15) is 0 Å². The van der Waals surface area contributed by atoms with Crippen LogP contribution in [0.4, 0.5) is 0 Å². The highest BCUT2D eigenvalue weighted by Gasteiger charge is 2.22. The van der Waals surface area contributed by atoms with E-state index in [0.717, 1.165) is 21.4 Å². The van der Waals surface area contributed by atoms with Crippen molar-refractivity contribution in [1.29, 1.82) is 0 Å². The molecule has 74 valence electrons. The van der Waals surface area contributed by atoms with Gasteiger partial charge in [-0.25, -0.2) is 0 Å². The van der Waals surface area contributed by atoms with Gasteiger partial charge in [-0.3, -0.25) is 0 Å². The second kappa shape index (κ2) is 4.79. The highest BCUT2D eigenvalue weighted by molar-refractivity contribution is 6.53. The molecule has 0 spiro atoms. The Morgan fingerprint density at radius 1 is 1.21 bits per heavy atom. The second-order valence-electron chi connectivity index (χ2n) is 4.42. The largest absolute Gasteiger partial charge is 0.0810 e. The van der Waals surface area contributed by atoms with Crippen LogP contribution in [-0.2, 0) is 0 Å². The summed E-state index contributed by atoms with van der Waals surface area (Å²) in [7, 11) is 1.02. The van der Waals surface area contributed by atoms with E-state index in [1.807, 2.05) is 0 Å². The van der Waals surface area contributed by atoms with Gasteiger partial charge in [-0.05, 0) is 11.8 Å². The Kier molecular flexibility index (Phi) is 3.41. The number of rotatable bonds is 3. The van der Waals surface area contributed by atoms with Crippen LogP contribution in [0.5, 0.6) is 0 Å². The van der Waals surface area contributed by atoms with Gasteiger partial charge in [0, 0.05) is 0 Å². The lowest BCUT2D eigenvalue weighted by Crippen LogP contribution is -2.17. The van der Waals surface area contributed by atoms with Crippen molar-refractivity contribution < 1.29 is 0 Å². The molecule has 2 unspecified atom stereocenters. The molecular formula is C13H18Si. The molecule has 1 fully saturated rings. The Hall–Kier alpha value is -0.563. The summed E-state index contributed by atoms with van der Waals surface area (Å²) in [6.07, 6.45) is 4.40. The summed E-state index contributed by atoms with van der Waals surface area (Å²) >= 11 is 0. The van der Waals surface area contributed by atoms with E-state index in [2.05, 4.69) is 37.3 Å². The van der Waals surface area contributed by atoms with Gasteiger partial charge in [-0.15, -0.1) is 0 Å². The van der Waals surface area contributed by atoms with Crippen molar-refractivity contribution in [2.24, 2.45) is 11.8 Å². The molecular weight excluding hydrogens is 184 g/mol. The Balaban J connectivity index is 1.82. The van der Waals surface area contributed by atoms with Crippen molar-refractivity contribution in [3.63, 3.8) is 0 Å². The molecule has 2 rings (SSSR count). The minimum atomic E-state index is 0.978. The zero-order chi connectivity index (χ0) is 9.80. The van der Waals surface area contributed by atoms with E-state index in [4.69, 9.17) is 0 Å². The van der Waals surface area contributed by atoms with E-state index >= 15 is 0 Å². The number of hydrogen-bond acceptors (Lipinski definition) is 0. The molecule has 1 saturated carbocycles. The van der Waals surface area contributed by atoms with Crippen LogP contribution in [0, 0.1) is 11.8 Å². The van der Waals surface area contributed by atoms with Crippen molar-refractivity contribution in [3.05, 3.63) is 30.3 Å². The maximum absolute atomic E-state index is 2.42. The highest BCUT2D eigenvalue weighted by Crippen LogP contribution is 2.33. The summed E-state index contributed by atoms with van der Waals surface area (Å²) in [5.41, 5.74) is 0. The third-order valence-electron chi connectivity index (χ3n) is 3.38. The average molecular weight is 202 g/mol. The first-order valence-corrected chi connectivity index (χ1v) is 6.86. The van der Waals surface area contributed by atoms with Gasteiger partial charge in [0.25, 0.3) is 0 Å². The lowest BCUT2D eigenvalue weighted by atomic mass is 10.0. The van der Waals surface area contributed by atoms with Gasteiger partial charge in [-0.1, -0.05) is 67.7 Å². The molecule has 14 heavy (non-hydrogen) atoms. The van der Waals surface area contributed by atoms with Crippen LogP contribution in [0.15, 0.2) is 30.3 Å². The molecule has 0 saturated heterocycles. The van der Waals surface area contributed by atoms with Crippen molar-refractivity contribution in [3.8, 4) is 0 Å². The SMILES string of the molecule is CC1CCCC1C[Si]c1ccccc1. The first-order chi connectivity index (χ1) is 6.86. The Morgan fingerprint density at radius 2 is 2.00 bits per heavy atom. The zero-order valence-electron chi connectivity index (χ0n) is 8.87. The molecule has 1 aromatic carbocycles. The van der Waals surface area contributed by atoms with E-state index < -0.39 is 0 Å². The minimum Gasteiger partial charge on any atom is -0.0642 e. The second-order valence-corrected chi connectivity index (χ2v) is 5.75. The first kappa shape index (κ1) is 9.97. The van der Waals surface area contributed by atoms with Gasteiger partial charge < -0.3 is 0 Å². The Morgan fingerprint density at radius 3 is 2.64 bits per heavy atom. The molecule has 0 N–H and O–H groups in total. The van der Waals surface area contributed by atoms with Gasteiger partial charge >= 0.3 is 0 Å². The third kappa shape index (κ3) is 2.47. The molecule has 0 heterocycles. The predicted molar refractivity (Wildman–Crippen MR) is 63.1 cm³/mol. The smallest absolute Gasteiger partial charge is 0.0642 e. The number of hydrogen-bond donors (Lipinski definition) is 0. The lowest BCUT2D eigenvalue weighted by Gasteiger charge is -2.13. The Labute approximate surface area is 89.6 Å². The molecule has 0 bridgehead atoms. The fourth-order valence-electron chi connectivity index (χ4n) is 2.33. The fraction of sp³-hybridized carbons (Fsp3) is 0.538. The van der Waals surface area contributed by atoms with Crippen LogP contribution in [0.25, 0.3) is 0 Å². The summed E-state index contributed by atoms with van der Waals surface area (Å²) in [6, 6.07) is 12.4. The summed E-state index contributed by atoms with van der Waals surface area (Å²) in [6.45, 7) is 2.42. The summed E-state index contributed by atoms with van der Waals surface area (Å²) in [4.78, 5) is 0. The van der Waals surface area contributed by atoms with Crippen molar-refractivity contribution in [2.45, 2.75) is 32.2 Å². The normalized spacial score (nSPS) is 26.6. The average Bonchev–Trinajstić information content (AvgIpc) is 2.63. The topological polar surface area (TPSA) is 0 Å². The first-order valence-electron chi connectivity index (χ1n) is 5.65. The standard InChI is InChI=1S/C13H18Si/c1-11-6-5-7-12(11)10-14-13-8-3-2-4-9-13/h2-4,8-9,11-12H,5-7,10H2,1H3.